The van der Waals surface area contributed by atoms with Crippen LogP contribution in [-0.4, -0.2) is 22.6 Å². The fraction of sp³-hybridized carbons (Fsp3) is 0.467. The van der Waals surface area contributed by atoms with Crippen molar-refractivity contribution in [3.05, 3.63) is 36.0 Å². The van der Waals surface area contributed by atoms with E-state index in [0.717, 1.165) is 19.6 Å². The van der Waals surface area contributed by atoms with Gasteiger partial charge in [0.25, 0.3) is 0 Å². The van der Waals surface area contributed by atoms with Crippen LogP contribution in [0.25, 0.3) is 10.9 Å². The first-order valence-corrected chi connectivity index (χ1v) is 7.87. The lowest BCUT2D eigenvalue weighted by Gasteiger charge is -2.07. The molecule has 0 saturated heterocycles. The number of thioether (sulfide) groups is 1. The number of benzene rings is 1. The molecule has 2 aromatic rings. The molecule has 0 atom stereocenters. The summed E-state index contributed by atoms with van der Waals surface area (Å²) in [7, 11) is 0. The summed E-state index contributed by atoms with van der Waals surface area (Å²) in [6.45, 7) is 7.44. The van der Waals surface area contributed by atoms with Crippen LogP contribution in [0.5, 0.6) is 0 Å². The summed E-state index contributed by atoms with van der Waals surface area (Å²) >= 11 is 2.00. The Balaban J connectivity index is 2.14. The van der Waals surface area contributed by atoms with E-state index in [1.165, 1.54) is 28.0 Å². The third kappa shape index (κ3) is 3.30. The molecule has 0 saturated carbocycles. The Morgan fingerprint density at radius 2 is 2.11 bits per heavy atom. The minimum absolute atomic E-state index is 0.960. The Morgan fingerprint density at radius 1 is 1.22 bits per heavy atom. The minimum atomic E-state index is 0.960. The number of aryl methyl sites for hydroxylation is 1. The lowest BCUT2D eigenvalue weighted by atomic mass is 10.1. The predicted octanol–water partition coefficient (Wildman–Crippen LogP) is 3.50. The molecule has 98 valence electrons. The van der Waals surface area contributed by atoms with Gasteiger partial charge in [0.05, 0.1) is 0 Å². The van der Waals surface area contributed by atoms with Crippen LogP contribution in [0.2, 0.25) is 0 Å². The van der Waals surface area contributed by atoms with Crippen LogP contribution in [0, 0.1) is 0 Å². The van der Waals surface area contributed by atoms with Gasteiger partial charge in [0.15, 0.2) is 0 Å². The fourth-order valence-corrected chi connectivity index (χ4v) is 2.73. The number of nitrogens with one attached hydrogen (secondary N) is 1. The number of aromatic nitrogens is 1. The van der Waals surface area contributed by atoms with Gasteiger partial charge in [-0.2, -0.15) is 11.8 Å². The summed E-state index contributed by atoms with van der Waals surface area (Å²) in [5.41, 5.74) is 2.73. The van der Waals surface area contributed by atoms with E-state index >= 15 is 0 Å². The number of rotatable bonds is 7. The molecule has 1 heterocycles. The van der Waals surface area contributed by atoms with Gasteiger partial charge < -0.3 is 9.88 Å². The highest BCUT2D eigenvalue weighted by atomic mass is 32.2. The zero-order chi connectivity index (χ0) is 12.8. The van der Waals surface area contributed by atoms with Gasteiger partial charge in [-0.15, -0.1) is 0 Å². The average Bonchev–Trinajstić information content (AvgIpc) is 2.79. The molecule has 0 aliphatic heterocycles. The van der Waals surface area contributed by atoms with Crippen LogP contribution in [0.1, 0.15) is 19.4 Å². The predicted molar refractivity (Wildman–Crippen MR) is 82.3 cm³/mol. The highest BCUT2D eigenvalue weighted by Gasteiger charge is 2.02. The van der Waals surface area contributed by atoms with E-state index in [-0.39, 0.29) is 0 Å². The van der Waals surface area contributed by atoms with Gasteiger partial charge in [-0.3, -0.25) is 0 Å². The van der Waals surface area contributed by atoms with Crippen LogP contribution in [0.4, 0.5) is 0 Å². The molecule has 18 heavy (non-hydrogen) atoms. The molecule has 0 bridgehead atoms. The lowest BCUT2D eigenvalue weighted by molar-refractivity contribution is 0.726. The van der Waals surface area contributed by atoms with Crippen LogP contribution in [-0.2, 0) is 13.1 Å². The maximum atomic E-state index is 3.38. The summed E-state index contributed by atoms with van der Waals surface area (Å²) in [6, 6.07) is 8.97. The molecule has 2 rings (SSSR count). The van der Waals surface area contributed by atoms with Crippen molar-refractivity contribution >= 4 is 22.7 Å². The molecule has 0 amide bonds. The number of fused-ring (bicyclic) bond motifs is 1. The first kappa shape index (κ1) is 13.5. The van der Waals surface area contributed by atoms with E-state index in [1.807, 2.05) is 11.8 Å². The van der Waals surface area contributed by atoms with Gasteiger partial charge in [0.1, 0.15) is 0 Å². The van der Waals surface area contributed by atoms with E-state index < -0.39 is 0 Å². The summed E-state index contributed by atoms with van der Waals surface area (Å²) in [6.07, 6.45) is 2.21. The number of nitrogens with zero attached hydrogens (tertiary/aromatic N) is 1. The third-order valence-corrected chi connectivity index (χ3v) is 3.98. The Labute approximate surface area is 114 Å². The smallest absolute Gasteiger partial charge is 0.0483 e. The monoisotopic (exact) mass is 262 g/mol. The molecular weight excluding hydrogens is 240 g/mol. The standard InChI is InChI=1S/C15H22N2S/c1-3-16-12-13-5-6-14-7-8-17(15(14)11-13)9-10-18-4-2/h5-8,11,16H,3-4,9-10,12H2,1-2H3. The highest BCUT2D eigenvalue weighted by Crippen LogP contribution is 2.18. The Bertz CT molecular complexity index is 490. The van der Waals surface area contributed by atoms with Gasteiger partial charge in [-0.05, 0) is 35.4 Å². The third-order valence-electron chi connectivity index (χ3n) is 3.10. The van der Waals surface area contributed by atoms with Crippen LogP contribution in [0.3, 0.4) is 0 Å². The second-order valence-corrected chi connectivity index (χ2v) is 5.77. The SMILES string of the molecule is CCNCc1ccc2ccn(CCSCC)c2c1. The number of hydrogen-bond acceptors (Lipinski definition) is 2. The largest absolute Gasteiger partial charge is 0.347 e. The quantitative estimate of drug-likeness (QED) is 0.769. The minimum Gasteiger partial charge on any atom is -0.347 e. The fourth-order valence-electron chi connectivity index (χ4n) is 2.11. The van der Waals surface area contributed by atoms with Gasteiger partial charge in [-0.1, -0.05) is 26.0 Å². The summed E-state index contributed by atoms with van der Waals surface area (Å²) in [5.74, 6) is 2.39. The van der Waals surface area contributed by atoms with Gasteiger partial charge in [-0.25, -0.2) is 0 Å². The van der Waals surface area contributed by atoms with E-state index in [1.54, 1.807) is 0 Å². The van der Waals surface area contributed by atoms with Gasteiger partial charge >= 0.3 is 0 Å². The molecule has 3 heteroatoms. The summed E-state index contributed by atoms with van der Waals surface area (Å²) in [5, 5.41) is 4.72. The average molecular weight is 262 g/mol. The van der Waals surface area contributed by atoms with E-state index in [0.29, 0.717) is 0 Å². The van der Waals surface area contributed by atoms with Crippen molar-refractivity contribution in [3.8, 4) is 0 Å². The highest BCUT2D eigenvalue weighted by molar-refractivity contribution is 7.99. The zero-order valence-corrected chi connectivity index (χ0v) is 12.1. The van der Waals surface area contributed by atoms with Crippen molar-refractivity contribution in [1.29, 1.82) is 0 Å². The van der Waals surface area contributed by atoms with E-state index in [4.69, 9.17) is 0 Å². The first-order chi connectivity index (χ1) is 8.85. The van der Waals surface area contributed by atoms with Crippen molar-refractivity contribution < 1.29 is 0 Å². The molecule has 0 fully saturated rings. The Hall–Kier alpha value is -0.930. The Morgan fingerprint density at radius 3 is 2.89 bits per heavy atom. The second kappa shape index (κ2) is 6.86. The Kier molecular flexibility index (Phi) is 5.14. The number of hydrogen-bond donors (Lipinski definition) is 1. The molecule has 2 nitrogen and oxygen atoms in total. The van der Waals surface area contributed by atoms with Crippen LogP contribution in [0.15, 0.2) is 30.5 Å². The van der Waals surface area contributed by atoms with Crippen LogP contribution >= 0.6 is 11.8 Å². The van der Waals surface area contributed by atoms with E-state index in [2.05, 4.69) is 54.2 Å². The van der Waals surface area contributed by atoms with Crippen molar-refractivity contribution in [1.82, 2.24) is 9.88 Å². The first-order valence-electron chi connectivity index (χ1n) is 6.71. The van der Waals surface area contributed by atoms with Gasteiger partial charge in [0, 0.05) is 30.6 Å². The molecule has 0 radical (unpaired) electrons. The lowest BCUT2D eigenvalue weighted by Crippen LogP contribution is -2.11. The summed E-state index contributed by atoms with van der Waals surface area (Å²) in [4.78, 5) is 0. The maximum Gasteiger partial charge on any atom is 0.0483 e. The van der Waals surface area contributed by atoms with Crippen molar-refractivity contribution in [3.63, 3.8) is 0 Å². The molecule has 1 aromatic heterocycles. The topological polar surface area (TPSA) is 17.0 Å². The normalized spacial score (nSPS) is 11.2. The molecule has 1 aromatic carbocycles. The van der Waals surface area contributed by atoms with Crippen molar-refractivity contribution in [2.24, 2.45) is 0 Å². The zero-order valence-electron chi connectivity index (χ0n) is 11.3. The molecule has 0 aliphatic carbocycles. The molecule has 0 unspecified atom stereocenters. The second-order valence-electron chi connectivity index (χ2n) is 4.38. The maximum absolute atomic E-state index is 3.38. The van der Waals surface area contributed by atoms with Crippen LogP contribution < -0.4 is 5.32 Å². The van der Waals surface area contributed by atoms with Gasteiger partial charge in [0.2, 0.25) is 0 Å². The molecule has 0 spiro atoms. The molecular formula is C15H22N2S. The molecule has 0 aliphatic rings. The van der Waals surface area contributed by atoms with Crippen molar-refractivity contribution in [2.45, 2.75) is 26.9 Å². The van der Waals surface area contributed by atoms with Crippen molar-refractivity contribution in [2.75, 3.05) is 18.1 Å². The summed E-state index contributed by atoms with van der Waals surface area (Å²) < 4.78 is 2.37. The molecule has 1 N–H and O–H groups in total. The van der Waals surface area contributed by atoms with E-state index in [9.17, 15) is 0 Å².